The molecule has 1 N–H and O–H groups in total. The van der Waals surface area contributed by atoms with Crippen molar-refractivity contribution in [1.82, 2.24) is 5.32 Å². The second kappa shape index (κ2) is 4.24. The van der Waals surface area contributed by atoms with Crippen molar-refractivity contribution in [2.24, 2.45) is 5.92 Å². The van der Waals surface area contributed by atoms with Gasteiger partial charge in [0.2, 0.25) is 0 Å². The van der Waals surface area contributed by atoms with Crippen LogP contribution in [0.2, 0.25) is 0 Å². The second-order valence-corrected chi connectivity index (χ2v) is 4.07. The highest BCUT2D eigenvalue weighted by Gasteiger charge is 2.20. The van der Waals surface area contributed by atoms with E-state index in [1.165, 1.54) is 38.6 Å². The maximum atomic E-state index is 5.51. The van der Waals surface area contributed by atoms with Gasteiger partial charge in [-0.1, -0.05) is 12.8 Å². The minimum absolute atomic E-state index is 0.518. The highest BCUT2D eigenvalue weighted by molar-refractivity contribution is 4.74. The first kappa shape index (κ1) is 8.52. The third kappa shape index (κ3) is 2.76. The maximum Gasteiger partial charge on any atom is 0.0700 e. The quantitative estimate of drug-likeness (QED) is 0.631. The Morgan fingerprint density at radius 2 is 2.17 bits per heavy atom. The molecule has 1 aliphatic heterocycles. The number of ether oxygens (including phenoxy) is 1. The number of hydrogen-bond donors (Lipinski definition) is 1. The van der Waals surface area contributed by atoms with Crippen molar-refractivity contribution in [3.8, 4) is 0 Å². The third-order valence-corrected chi connectivity index (χ3v) is 2.82. The molecule has 2 nitrogen and oxygen atoms in total. The summed E-state index contributed by atoms with van der Waals surface area (Å²) in [7, 11) is 0. The molecule has 0 bridgehead atoms. The summed E-state index contributed by atoms with van der Waals surface area (Å²) in [5.41, 5.74) is 0. The fraction of sp³-hybridized carbons (Fsp3) is 1.00. The summed E-state index contributed by atoms with van der Waals surface area (Å²) in [5.74, 6) is 1.06. The predicted molar refractivity (Wildman–Crippen MR) is 49.2 cm³/mol. The molecule has 1 saturated heterocycles. The number of nitrogens with one attached hydrogen (secondary N) is 1. The minimum atomic E-state index is 0.518. The van der Waals surface area contributed by atoms with Crippen LogP contribution >= 0.6 is 0 Å². The first-order valence-corrected chi connectivity index (χ1v) is 5.27. The van der Waals surface area contributed by atoms with Crippen molar-refractivity contribution in [1.29, 1.82) is 0 Å². The van der Waals surface area contributed by atoms with Gasteiger partial charge < -0.3 is 10.1 Å². The molecule has 1 atom stereocenters. The van der Waals surface area contributed by atoms with Gasteiger partial charge in [-0.05, 0) is 31.7 Å². The Hall–Kier alpha value is -0.0800. The fourth-order valence-corrected chi connectivity index (χ4v) is 1.78. The molecule has 2 rings (SSSR count). The Kier molecular flexibility index (Phi) is 3.01. The average molecular weight is 169 g/mol. The molecule has 1 saturated carbocycles. The summed E-state index contributed by atoms with van der Waals surface area (Å²) in [6, 6.07) is 0. The van der Waals surface area contributed by atoms with E-state index in [1.54, 1.807) is 0 Å². The molecule has 0 aromatic rings. The second-order valence-electron chi connectivity index (χ2n) is 4.07. The molecule has 12 heavy (non-hydrogen) atoms. The zero-order valence-electron chi connectivity index (χ0n) is 7.72. The molecule has 1 aliphatic carbocycles. The van der Waals surface area contributed by atoms with Crippen LogP contribution in [0.15, 0.2) is 0 Å². The lowest BCUT2D eigenvalue weighted by molar-refractivity contribution is 0.110. The molecule has 0 radical (unpaired) electrons. The van der Waals surface area contributed by atoms with Crippen molar-refractivity contribution < 1.29 is 4.74 Å². The molecule has 2 fully saturated rings. The van der Waals surface area contributed by atoms with Gasteiger partial charge in [0.1, 0.15) is 0 Å². The van der Waals surface area contributed by atoms with Gasteiger partial charge in [-0.3, -0.25) is 0 Å². The Morgan fingerprint density at radius 3 is 2.83 bits per heavy atom. The summed E-state index contributed by atoms with van der Waals surface area (Å²) in [6.07, 6.45) is 7.37. The molecule has 0 unspecified atom stereocenters. The van der Waals surface area contributed by atoms with Gasteiger partial charge in [-0.15, -0.1) is 0 Å². The zero-order valence-corrected chi connectivity index (χ0v) is 7.72. The van der Waals surface area contributed by atoms with Crippen LogP contribution in [0.5, 0.6) is 0 Å². The number of hydrogen-bond acceptors (Lipinski definition) is 2. The summed E-state index contributed by atoms with van der Waals surface area (Å²) >= 11 is 0. The molecule has 0 aromatic heterocycles. The van der Waals surface area contributed by atoms with E-state index >= 15 is 0 Å². The lowest BCUT2D eigenvalue weighted by atomic mass is 10.2. The van der Waals surface area contributed by atoms with Crippen LogP contribution in [0.4, 0.5) is 0 Å². The van der Waals surface area contributed by atoms with Crippen molar-refractivity contribution in [2.75, 3.05) is 19.7 Å². The normalized spacial score (nSPS) is 29.5. The standard InChI is InChI=1S/C10H19NO/c1-2-10(12-7-1)8-11-6-5-9-3-4-9/h9-11H,1-8H2/t10-/m0/s1. The highest BCUT2D eigenvalue weighted by Crippen LogP contribution is 2.31. The molecule has 2 heteroatoms. The Labute approximate surface area is 74.7 Å². The van der Waals surface area contributed by atoms with Crippen LogP contribution in [-0.2, 0) is 4.74 Å². The summed E-state index contributed by atoms with van der Waals surface area (Å²) in [5, 5.41) is 3.47. The van der Waals surface area contributed by atoms with Crippen LogP contribution in [0.1, 0.15) is 32.1 Å². The summed E-state index contributed by atoms with van der Waals surface area (Å²) in [4.78, 5) is 0. The first-order chi connectivity index (χ1) is 5.95. The van der Waals surface area contributed by atoms with Crippen LogP contribution in [0.25, 0.3) is 0 Å². The molecule has 0 aromatic carbocycles. The van der Waals surface area contributed by atoms with Crippen LogP contribution in [0.3, 0.4) is 0 Å². The van der Waals surface area contributed by atoms with E-state index in [2.05, 4.69) is 5.32 Å². The van der Waals surface area contributed by atoms with Gasteiger partial charge in [0.25, 0.3) is 0 Å². The molecule has 0 amide bonds. The highest BCUT2D eigenvalue weighted by atomic mass is 16.5. The average Bonchev–Trinajstić information content (AvgIpc) is 2.76. The Bertz CT molecular complexity index is 128. The Balaban J connectivity index is 1.44. The monoisotopic (exact) mass is 169 g/mol. The first-order valence-electron chi connectivity index (χ1n) is 5.27. The molecule has 1 heterocycles. The van der Waals surface area contributed by atoms with Gasteiger partial charge in [-0.25, -0.2) is 0 Å². The zero-order chi connectivity index (χ0) is 8.23. The third-order valence-electron chi connectivity index (χ3n) is 2.82. The molecular formula is C10H19NO. The molecule has 2 aliphatic rings. The van der Waals surface area contributed by atoms with E-state index in [4.69, 9.17) is 4.74 Å². The van der Waals surface area contributed by atoms with E-state index in [1.807, 2.05) is 0 Å². The van der Waals surface area contributed by atoms with Gasteiger partial charge in [-0.2, -0.15) is 0 Å². The minimum Gasteiger partial charge on any atom is -0.377 e. The van der Waals surface area contributed by atoms with E-state index in [0.29, 0.717) is 6.10 Å². The lowest BCUT2D eigenvalue weighted by Gasteiger charge is -2.09. The van der Waals surface area contributed by atoms with Crippen LogP contribution in [0, 0.1) is 5.92 Å². The van der Waals surface area contributed by atoms with E-state index < -0.39 is 0 Å². The summed E-state index contributed by atoms with van der Waals surface area (Å²) < 4.78 is 5.51. The van der Waals surface area contributed by atoms with E-state index in [-0.39, 0.29) is 0 Å². The van der Waals surface area contributed by atoms with Crippen molar-refractivity contribution in [2.45, 2.75) is 38.2 Å². The van der Waals surface area contributed by atoms with Gasteiger partial charge in [0.05, 0.1) is 6.10 Å². The number of rotatable bonds is 5. The SMILES string of the molecule is C1CO[C@H](CNCCC2CC2)C1. The summed E-state index contributed by atoms with van der Waals surface area (Å²) in [6.45, 7) is 3.26. The fourth-order valence-electron chi connectivity index (χ4n) is 1.78. The predicted octanol–water partition coefficient (Wildman–Crippen LogP) is 1.56. The van der Waals surface area contributed by atoms with E-state index in [0.717, 1.165) is 19.1 Å². The van der Waals surface area contributed by atoms with Crippen molar-refractivity contribution in [3.05, 3.63) is 0 Å². The molecule has 70 valence electrons. The van der Waals surface area contributed by atoms with Crippen molar-refractivity contribution >= 4 is 0 Å². The molecular weight excluding hydrogens is 150 g/mol. The van der Waals surface area contributed by atoms with E-state index in [9.17, 15) is 0 Å². The van der Waals surface area contributed by atoms with Crippen LogP contribution in [-0.4, -0.2) is 25.8 Å². The Morgan fingerprint density at radius 1 is 1.25 bits per heavy atom. The smallest absolute Gasteiger partial charge is 0.0700 e. The maximum absolute atomic E-state index is 5.51. The van der Waals surface area contributed by atoms with Crippen LogP contribution < -0.4 is 5.32 Å². The van der Waals surface area contributed by atoms with Gasteiger partial charge >= 0.3 is 0 Å². The van der Waals surface area contributed by atoms with Gasteiger partial charge in [0, 0.05) is 13.2 Å². The topological polar surface area (TPSA) is 21.3 Å². The lowest BCUT2D eigenvalue weighted by Crippen LogP contribution is -2.27. The van der Waals surface area contributed by atoms with Crippen molar-refractivity contribution in [3.63, 3.8) is 0 Å². The largest absolute Gasteiger partial charge is 0.377 e. The molecule has 0 spiro atoms. The van der Waals surface area contributed by atoms with Gasteiger partial charge in [0.15, 0.2) is 0 Å².